The first-order chi connectivity index (χ1) is 52.1. The van der Waals surface area contributed by atoms with E-state index in [1.165, 1.54) is 20.8 Å². The molecule has 0 aromatic heterocycles. The molecule has 3 atom stereocenters. The molecule has 662 valence electrons. The molecular weight excluding hydrogens is 1510 g/mol. The molecule has 0 radical (unpaired) electrons. The van der Waals surface area contributed by atoms with Crippen molar-refractivity contribution in [2.75, 3.05) is 139 Å². The summed E-state index contributed by atoms with van der Waals surface area (Å²) >= 11 is 0. The minimum Gasteiger partial charge on any atom is -0.481 e. The highest BCUT2D eigenvalue weighted by atomic mass is 16.6. The smallest absolute Gasteiger partial charge is 0.314 e. The molecular formula is C70H130O42. The maximum Gasteiger partial charge on any atom is 0.314 e. The molecule has 0 saturated carbocycles. The fraction of sp³-hybridized carbons (Fsp3) is 0.814. The van der Waals surface area contributed by atoms with E-state index in [1.54, 1.807) is 41.5 Å². The van der Waals surface area contributed by atoms with Crippen molar-refractivity contribution in [3.63, 3.8) is 0 Å². The van der Waals surface area contributed by atoms with E-state index >= 15 is 0 Å². The zero-order valence-corrected chi connectivity index (χ0v) is 65.8. The van der Waals surface area contributed by atoms with Gasteiger partial charge in [0.15, 0.2) is 0 Å². The average molecular weight is 1640 g/mol. The number of aliphatic carboxylic acids is 8. The molecule has 0 spiro atoms. The third kappa shape index (κ3) is 55.8. The number of unbranched alkanes of at least 4 members (excludes halogenated alkanes) is 1. The molecule has 0 aliphatic carbocycles. The van der Waals surface area contributed by atoms with Gasteiger partial charge in [-0.25, -0.2) is 0 Å². The highest BCUT2D eigenvalue weighted by Crippen LogP contribution is 2.26. The Morgan fingerprint density at radius 3 is 0.741 bits per heavy atom. The van der Waals surface area contributed by atoms with Crippen LogP contribution in [-0.2, 0) is 86.0 Å². The van der Waals surface area contributed by atoms with Gasteiger partial charge in [-0.2, -0.15) is 0 Å². The fourth-order valence-electron chi connectivity index (χ4n) is 6.54. The van der Waals surface area contributed by atoms with Crippen LogP contribution in [0, 0.1) is 61.6 Å². The summed E-state index contributed by atoms with van der Waals surface area (Å²) in [6, 6.07) is 0. The van der Waals surface area contributed by atoms with E-state index in [-0.39, 0.29) is 150 Å². The van der Waals surface area contributed by atoms with E-state index in [0.717, 1.165) is 12.8 Å². The van der Waals surface area contributed by atoms with Gasteiger partial charge in [-0.15, -0.1) is 0 Å². The Balaban J connectivity index is -0.000000187. The Kier molecular flexibility index (Phi) is 72.9. The lowest BCUT2D eigenvalue weighted by atomic mass is 9.87. The van der Waals surface area contributed by atoms with Crippen LogP contribution in [-0.4, -0.2) is 339 Å². The molecule has 0 aromatic carbocycles. The topological polar surface area (TPSA) is 754 Å². The second-order valence-corrected chi connectivity index (χ2v) is 27.0. The molecule has 0 bridgehead atoms. The lowest BCUT2D eigenvalue weighted by Gasteiger charge is -2.27. The number of carboxylic acids is 8. The van der Waals surface area contributed by atoms with E-state index in [4.69, 9.17) is 136 Å². The third-order valence-electron chi connectivity index (χ3n) is 17.5. The molecule has 0 saturated heterocycles. The van der Waals surface area contributed by atoms with Crippen LogP contribution < -0.4 is 0 Å². The molecule has 42 nitrogen and oxygen atoms in total. The van der Waals surface area contributed by atoms with Crippen LogP contribution in [0.25, 0.3) is 0 Å². The largest absolute Gasteiger partial charge is 0.481 e. The van der Waals surface area contributed by atoms with Gasteiger partial charge in [0.05, 0.1) is 190 Å². The van der Waals surface area contributed by atoms with Gasteiger partial charge in [-0.05, 0) is 45.4 Å². The summed E-state index contributed by atoms with van der Waals surface area (Å²) in [5, 5.41) is 209. The van der Waals surface area contributed by atoms with Gasteiger partial charge in [-0.3, -0.25) is 62.3 Å². The monoisotopic (exact) mass is 1640 g/mol. The molecule has 0 aromatic rings. The highest BCUT2D eigenvalue weighted by Gasteiger charge is 2.37. The summed E-state index contributed by atoms with van der Waals surface area (Å²) in [6.07, 6.45) is 2.56. The van der Waals surface area contributed by atoms with E-state index in [0.29, 0.717) is 32.1 Å². The number of rotatable bonds is 52. The molecule has 0 aliphatic heterocycles. The Labute approximate surface area is 650 Å². The molecule has 0 rings (SSSR count). The van der Waals surface area contributed by atoms with Crippen LogP contribution in [0.4, 0.5) is 0 Å². The third-order valence-corrected chi connectivity index (χ3v) is 17.5. The van der Waals surface area contributed by atoms with Crippen molar-refractivity contribution >= 4 is 77.6 Å². The molecule has 0 fully saturated rings. The van der Waals surface area contributed by atoms with Crippen molar-refractivity contribution in [3.8, 4) is 0 Å². The predicted octanol–water partition coefficient (Wildman–Crippen LogP) is -2.42. The number of carboxylic acid groups (broad SMARTS) is 8. The zero-order valence-electron chi connectivity index (χ0n) is 65.8. The maximum absolute atomic E-state index is 11.7. The van der Waals surface area contributed by atoms with Crippen molar-refractivity contribution < 1.29 is 209 Å². The minimum atomic E-state index is -1.39. The van der Waals surface area contributed by atoms with Crippen LogP contribution in [0.1, 0.15) is 166 Å². The number of aliphatic hydroxyl groups is 16. The van der Waals surface area contributed by atoms with Crippen molar-refractivity contribution in [3.05, 3.63) is 0 Å². The summed E-state index contributed by atoms with van der Waals surface area (Å²) in [5.41, 5.74) is -6.99. The van der Waals surface area contributed by atoms with Gasteiger partial charge in [0.25, 0.3) is 0 Å². The standard InChI is InChI=1S/C14H26O6.2C11H20O6.C10H18O6.C9H16O6.C6H12O4.C5H10O4.C4H8O4/c1-3-5-6-11(13(18)19)7-12(17)20-10-14(4-2,8-15)9-16;2*1-3-11(5-12,6-13)7-17-9(14)4-8(2)10(15)16;1-2-10(5-11,6-12)7-16-9(15)4-3-8(13)14;1-9(4-10,5-11)6-15-8(14)3-2-7(12)13;1-2-6(3-7,4-8)5(9)10;1-5(2-6,3-7)4(8)9;5-1-3(2-6)4(7)8/h11,15-16H,3-10H2,1-2H3,(H,18,19);2*8,12-13H,3-7H2,1-2H3,(H,15,16);11-12H,2-7H2,1H3,(H,13,14);10-11H,2-6H2,1H3,(H,12,13);7-8H,2-4H2,1H3,(H,9,10);6-7H,2-3H2,1H3,(H,8,9);3,5-6H,1-2H2,(H,7,8). The summed E-state index contributed by atoms with van der Waals surface area (Å²) in [5.74, 6) is -15.3. The number of hydrogen-bond acceptors (Lipinski definition) is 34. The molecule has 0 aliphatic rings. The number of carbonyl (C=O) groups excluding carboxylic acids is 5. The van der Waals surface area contributed by atoms with Crippen LogP contribution in [0.2, 0.25) is 0 Å². The molecule has 112 heavy (non-hydrogen) atoms. The van der Waals surface area contributed by atoms with Gasteiger partial charge in [-0.1, -0.05) is 75.2 Å². The SMILES string of the molecule is CC(CO)(CO)C(=O)O.CC(CO)(CO)COC(=O)CCC(=O)O.CCC(CO)(CO)C(=O)O.CCC(CO)(CO)COC(=O)CC(C)C(=O)O.CCC(CO)(CO)COC(=O)CC(C)C(=O)O.CCC(CO)(CO)COC(=O)CCC(=O)O.CCCCC(CC(=O)OCC(CC)(CO)CO)C(=O)O.O=C(O)C(CO)CO. The second kappa shape index (κ2) is 67.9. The van der Waals surface area contributed by atoms with Crippen LogP contribution >= 0.6 is 0 Å². The lowest BCUT2D eigenvalue weighted by molar-refractivity contribution is -0.156. The summed E-state index contributed by atoms with van der Waals surface area (Å²) in [6.45, 7) is 9.67. The number of esters is 5. The maximum atomic E-state index is 11.7. The number of carbonyl (C=O) groups is 13. The Morgan fingerprint density at radius 2 is 0.580 bits per heavy atom. The summed E-state index contributed by atoms with van der Waals surface area (Å²) < 4.78 is 24.3. The van der Waals surface area contributed by atoms with Gasteiger partial charge < -0.3 is 146 Å². The first kappa shape index (κ1) is 120. The Morgan fingerprint density at radius 1 is 0.304 bits per heavy atom. The molecule has 42 heteroatoms. The van der Waals surface area contributed by atoms with Crippen molar-refractivity contribution in [1.29, 1.82) is 0 Å². The number of aliphatic hydroxyl groups excluding tert-OH is 16. The minimum absolute atomic E-state index is 0.102. The van der Waals surface area contributed by atoms with Crippen LogP contribution in [0.3, 0.4) is 0 Å². The van der Waals surface area contributed by atoms with Crippen molar-refractivity contribution in [2.24, 2.45) is 61.6 Å². The first-order valence-electron chi connectivity index (χ1n) is 35.4. The van der Waals surface area contributed by atoms with Gasteiger partial charge in [0.2, 0.25) is 0 Å². The van der Waals surface area contributed by atoms with E-state index in [9.17, 15) is 72.5 Å². The number of ether oxygens (including phenoxy) is 5. The van der Waals surface area contributed by atoms with E-state index < -0.39 is 179 Å². The number of hydrogen-bond donors (Lipinski definition) is 24. The Hall–Kier alpha value is -7.53. The molecule has 0 amide bonds. The average Bonchev–Trinajstić information content (AvgIpc) is 0.919. The Bertz CT molecular complexity index is 2490. The molecule has 3 unspecified atom stereocenters. The molecule has 24 N–H and O–H groups in total. The fourth-order valence-corrected chi connectivity index (χ4v) is 6.54. The van der Waals surface area contributed by atoms with E-state index in [1.807, 2.05) is 6.92 Å². The van der Waals surface area contributed by atoms with Gasteiger partial charge in [0.1, 0.15) is 49.8 Å². The second-order valence-electron chi connectivity index (χ2n) is 27.0. The van der Waals surface area contributed by atoms with Crippen LogP contribution in [0.5, 0.6) is 0 Å². The predicted molar refractivity (Wildman–Crippen MR) is 386 cm³/mol. The van der Waals surface area contributed by atoms with Gasteiger partial charge in [0, 0.05) is 5.41 Å². The summed E-state index contributed by atoms with van der Waals surface area (Å²) in [4.78, 5) is 139. The normalized spacial score (nSPS) is 12.1. The van der Waals surface area contributed by atoms with Crippen molar-refractivity contribution in [1.82, 2.24) is 0 Å². The van der Waals surface area contributed by atoms with Crippen LogP contribution in [0.15, 0.2) is 0 Å². The van der Waals surface area contributed by atoms with Crippen molar-refractivity contribution in [2.45, 2.75) is 166 Å². The summed E-state index contributed by atoms with van der Waals surface area (Å²) in [7, 11) is 0. The quantitative estimate of drug-likeness (QED) is 0.0223. The highest BCUT2D eigenvalue weighted by molar-refractivity contribution is 5.81. The van der Waals surface area contributed by atoms with Gasteiger partial charge >= 0.3 is 77.6 Å². The zero-order chi connectivity index (χ0) is 89.3. The lowest BCUT2D eigenvalue weighted by Crippen LogP contribution is -2.37. The molecule has 0 heterocycles. The van der Waals surface area contributed by atoms with E-state index in [2.05, 4.69) is 0 Å². The first-order valence-corrected chi connectivity index (χ1v) is 35.4.